The van der Waals surface area contributed by atoms with E-state index in [1.807, 2.05) is 20.8 Å². The van der Waals surface area contributed by atoms with Gasteiger partial charge in [-0.25, -0.2) is 0 Å². The van der Waals surface area contributed by atoms with Crippen molar-refractivity contribution in [1.29, 1.82) is 0 Å². The first-order valence-electron chi connectivity index (χ1n) is 5.10. The molecule has 0 aliphatic heterocycles. The van der Waals surface area contributed by atoms with Gasteiger partial charge in [0.25, 0.3) is 0 Å². The first-order valence-corrected chi connectivity index (χ1v) is 5.10. The molecule has 0 saturated heterocycles. The number of carbonyl (C=O) groups is 1. The van der Waals surface area contributed by atoms with Crippen molar-refractivity contribution in [2.75, 3.05) is 26.3 Å². The Morgan fingerprint density at radius 3 is 1.93 bits per heavy atom. The van der Waals surface area contributed by atoms with Crippen molar-refractivity contribution in [3.05, 3.63) is 0 Å². The molecular weight excluding hydrogens is 196 g/mol. The molecule has 0 aliphatic carbocycles. The normalized spacial score (nSPS) is 13.7. The maximum absolute atomic E-state index is 11.8. The molecule has 0 spiro atoms. The van der Waals surface area contributed by atoms with Gasteiger partial charge in [-0.1, -0.05) is 20.8 Å². The molecule has 0 heterocycles. The van der Waals surface area contributed by atoms with E-state index >= 15 is 0 Å². The van der Waals surface area contributed by atoms with Crippen molar-refractivity contribution in [1.82, 2.24) is 4.90 Å². The molecule has 0 rings (SSSR count). The molecule has 1 atom stereocenters. The molecule has 1 unspecified atom stereocenters. The van der Waals surface area contributed by atoms with E-state index < -0.39 is 6.04 Å². The molecule has 0 saturated carbocycles. The highest BCUT2D eigenvalue weighted by molar-refractivity contribution is 5.82. The van der Waals surface area contributed by atoms with Crippen LogP contribution in [0.2, 0.25) is 0 Å². The number of aliphatic hydroxyl groups excluding tert-OH is 2. The first-order chi connectivity index (χ1) is 6.84. The largest absolute Gasteiger partial charge is 0.395 e. The summed E-state index contributed by atoms with van der Waals surface area (Å²) in [6, 6.07) is -0.615. The van der Waals surface area contributed by atoms with Gasteiger partial charge in [0.15, 0.2) is 0 Å². The van der Waals surface area contributed by atoms with Crippen LogP contribution in [0.3, 0.4) is 0 Å². The van der Waals surface area contributed by atoms with E-state index in [-0.39, 0.29) is 37.6 Å². The van der Waals surface area contributed by atoms with Crippen molar-refractivity contribution in [2.45, 2.75) is 26.8 Å². The van der Waals surface area contributed by atoms with E-state index in [0.29, 0.717) is 0 Å². The Balaban J connectivity index is 4.48. The van der Waals surface area contributed by atoms with Crippen LogP contribution in [0.5, 0.6) is 0 Å². The molecule has 0 aromatic carbocycles. The second-order valence-electron chi connectivity index (χ2n) is 4.62. The Kier molecular flexibility index (Phi) is 5.79. The number of amides is 1. The monoisotopic (exact) mass is 218 g/mol. The molecule has 90 valence electrons. The van der Waals surface area contributed by atoms with Gasteiger partial charge in [-0.15, -0.1) is 0 Å². The summed E-state index contributed by atoms with van der Waals surface area (Å²) in [5.74, 6) is -0.231. The summed E-state index contributed by atoms with van der Waals surface area (Å²) < 4.78 is 0. The van der Waals surface area contributed by atoms with Crippen LogP contribution >= 0.6 is 0 Å². The SMILES string of the molecule is CC(C)(C)C(N)C(=O)N(CCO)CCO. The molecule has 15 heavy (non-hydrogen) atoms. The van der Waals surface area contributed by atoms with Gasteiger partial charge in [0.1, 0.15) is 0 Å². The second-order valence-corrected chi connectivity index (χ2v) is 4.62. The van der Waals surface area contributed by atoms with Gasteiger partial charge in [0, 0.05) is 13.1 Å². The van der Waals surface area contributed by atoms with Gasteiger partial charge >= 0.3 is 0 Å². The van der Waals surface area contributed by atoms with E-state index in [1.54, 1.807) is 0 Å². The van der Waals surface area contributed by atoms with Gasteiger partial charge < -0.3 is 20.8 Å². The average Bonchev–Trinajstić information content (AvgIpc) is 2.14. The third-order valence-electron chi connectivity index (χ3n) is 2.25. The quantitative estimate of drug-likeness (QED) is 0.562. The van der Waals surface area contributed by atoms with E-state index in [4.69, 9.17) is 15.9 Å². The minimum atomic E-state index is -0.615. The Bertz CT molecular complexity index is 195. The molecule has 5 nitrogen and oxygen atoms in total. The predicted octanol–water partition coefficient (Wildman–Crippen LogP) is -0.827. The van der Waals surface area contributed by atoms with E-state index in [9.17, 15) is 4.79 Å². The number of rotatable bonds is 5. The molecule has 5 heteroatoms. The molecule has 0 aromatic rings. The summed E-state index contributed by atoms with van der Waals surface area (Å²) in [6.07, 6.45) is 0. The first kappa shape index (κ1) is 14.3. The lowest BCUT2D eigenvalue weighted by Crippen LogP contribution is -2.51. The van der Waals surface area contributed by atoms with Crippen LogP contribution in [0.15, 0.2) is 0 Å². The third-order valence-corrected chi connectivity index (χ3v) is 2.25. The minimum Gasteiger partial charge on any atom is -0.395 e. The van der Waals surface area contributed by atoms with E-state index in [0.717, 1.165) is 0 Å². The van der Waals surface area contributed by atoms with Crippen LogP contribution in [0.4, 0.5) is 0 Å². The third kappa shape index (κ3) is 4.59. The topological polar surface area (TPSA) is 86.8 Å². The van der Waals surface area contributed by atoms with Gasteiger partial charge in [-0.3, -0.25) is 4.79 Å². The fourth-order valence-corrected chi connectivity index (χ4v) is 1.14. The van der Waals surface area contributed by atoms with Crippen molar-refractivity contribution in [2.24, 2.45) is 11.1 Å². The number of hydrogen-bond acceptors (Lipinski definition) is 4. The number of aliphatic hydroxyl groups is 2. The lowest BCUT2D eigenvalue weighted by Gasteiger charge is -2.31. The highest BCUT2D eigenvalue weighted by Gasteiger charge is 2.30. The van der Waals surface area contributed by atoms with Crippen molar-refractivity contribution in [3.63, 3.8) is 0 Å². The van der Waals surface area contributed by atoms with Crippen molar-refractivity contribution >= 4 is 5.91 Å². The number of carbonyl (C=O) groups excluding carboxylic acids is 1. The fraction of sp³-hybridized carbons (Fsp3) is 0.900. The van der Waals surface area contributed by atoms with Crippen LogP contribution < -0.4 is 5.73 Å². The lowest BCUT2D eigenvalue weighted by molar-refractivity contribution is -0.136. The van der Waals surface area contributed by atoms with E-state index in [2.05, 4.69) is 0 Å². The predicted molar refractivity (Wildman–Crippen MR) is 58.2 cm³/mol. The number of nitrogens with two attached hydrogens (primary N) is 1. The van der Waals surface area contributed by atoms with Crippen LogP contribution in [0.25, 0.3) is 0 Å². The highest BCUT2D eigenvalue weighted by atomic mass is 16.3. The second kappa shape index (κ2) is 6.05. The minimum absolute atomic E-state index is 0.122. The fourth-order valence-electron chi connectivity index (χ4n) is 1.14. The molecule has 0 bridgehead atoms. The van der Waals surface area contributed by atoms with Gasteiger partial charge in [0.05, 0.1) is 19.3 Å². The summed E-state index contributed by atoms with van der Waals surface area (Å²) in [7, 11) is 0. The summed E-state index contributed by atoms with van der Waals surface area (Å²) in [6.45, 7) is 5.82. The molecule has 0 aromatic heterocycles. The zero-order chi connectivity index (χ0) is 12.1. The number of hydrogen-bond donors (Lipinski definition) is 3. The standard InChI is InChI=1S/C10H22N2O3/c1-10(2,3)8(11)9(15)12(4-6-13)5-7-14/h8,13-14H,4-7,11H2,1-3H3. The highest BCUT2D eigenvalue weighted by Crippen LogP contribution is 2.18. The zero-order valence-electron chi connectivity index (χ0n) is 9.73. The molecular formula is C10H22N2O3. The Morgan fingerprint density at radius 2 is 1.67 bits per heavy atom. The molecule has 0 aliphatic rings. The number of nitrogens with zero attached hydrogens (tertiary/aromatic N) is 1. The molecule has 0 radical (unpaired) electrons. The molecule has 4 N–H and O–H groups in total. The van der Waals surface area contributed by atoms with Gasteiger partial charge in [-0.2, -0.15) is 0 Å². The molecule has 0 fully saturated rings. The Hall–Kier alpha value is -0.650. The average molecular weight is 218 g/mol. The lowest BCUT2D eigenvalue weighted by atomic mass is 9.86. The zero-order valence-corrected chi connectivity index (χ0v) is 9.73. The van der Waals surface area contributed by atoms with E-state index in [1.165, 1.54) is 4.90 Å². The van der Waals surface area contributed by atoms with Crippen molar-refractivity contribution < 1.29 is 15.0 Å². The Morgan fingerprint density at radius 1 is 1.27 bits per heavy atom. The van der Waals surface area contributed by atoms with Crippen LogP contribution in [0.1, 0.15) is 20.8 Å². The Labute approximate surface area is 90.9 Å². The summed E-state index contributed by atoms with van der Waals surface area (Å²) in [4.78, 5) is 13.2. The van der Waals surface area contributed by atoms with Crippen LogP contribution in [0, 0.1) is 5.41 Å². The summed E-state index contributed by atoms with van der Waals surface area (Å²) in [5, 5.41) is 17.6. The summed E-state index contributed by atoms with van der Waals surface area (Å²) in [5.41, 5.74) is 5.48. The van der Waals surface area contributed by atoms with Crippen molar-refractivity contribution in [3.8, 4) is 0 Å². The smallest absolute Gasteiger partial charge is 0.240 e. The maximum atomic E-state index is 11.8. The molecule has 1 amide bonds. The van der Waals surface area contributed by atoms with Gasteiger partial charge in [0.2, 0.25) is 5.91 Å². The maximum Gasteiger partial charge on any atom is 0.240 e. The van der Waals surface area contributed by atoms with Gasteiger partial charge in [-0.05, 0) is 5.41 Å². The summed E-state index contributed by atoms with van der Waals surface area (Å²) >= 11 is 0. The van der Waals surface area contributed by atoms with Crippen LogP contribution in [-0.2, 0) is 4.79 Å². The van der Waals surface area contributed by atoms with Crippen LogP contribution in [-0.4, -0.2) is 53.4 Å².